The Morgan fingerprint density at radius 2 is 1.69 bits per heavy atom. The lowest BCUT2D eigenvalue weighted by molar-refractivity contribution is -0.134. The van der Waals surface area contributed by atoms with Gasteiger partial charge in [-0.15, -0.1) is 0 Å². The number of esters is 1. The predicted molar refractivity (Wildman–Crippen MR) is 129 cm³/mol. The van der Waals surface area contributed by atoms with Crippen LogP contribution in [0, 0.1) is 6.92 Å². The van der Waals surface area contributed by atoms with Crippen molar-refractivity contribution in [1.29, 1.82) is 0 Å². The summed E-state index contributed by atoms with van der Waals surface area (Å²) in [7, 11) is -4.13. The molecule has 0 unspecified atom stereocenters. The van der Waals surface area contributed by atoms with Crippen molar-refractivity contribution in [2.24, 2.45) is 5.16 Å². The Morgan fingerprint density at radius 1 is 1.00 bits per heavy atom. The lowest BCUT2D eigenvalue weighted by Crippen LogP contribution is -2.17. The zero-order chi connectivity index (χ0) is 23.2. The zero-order valence-electron chi connectivity index (χ0n) is 18.1. The second kappa shape index (κ2) is 14.2. The topological polar surface area (TPSA) is 91.3 Å². The quantitative estimate of drug-likeness (QED) is 0.141. The molecule has 0 aromatic heterocycles. The van der Waals surface area contributed by atoms with Gasteiger partial charge in [-0.1, -0.05) is 64.9 Å². The third-order valence-electron chi connectivity index (χ3n) is 3.93. The molecule has 0 heterocycles. The van der Waals surface area contributed by atoms with Crippen LogP contribution in [0.15, 0.2) is 64.6 Å². The van der Waals surface area contributed by atoms with Crippen LogP contribution in [0.2, 0.25) is 0 Å². The molecule has 174 valence electrons. The van der Waals surface area contributed by atoms with E-state index < -0.39 is 16.1 Å². The summed E-state index contributed by atoms with van der Waals surface area (Å²) in [6.45, 7) is 4.58. The van der Waals surface area contributed by atoms with E-state index in [-0.39, 0.29) is 16.5 Å². The van der Waals surface area contributed by atoms with Crippen LogP contribution in [0.4, 0.5) is 0 Å². The average molecular weight is 498 g/mol. The molecular formula is C22H27NO6S3. The van der Waals surface area contributed by atoms with Gasteiger partial charge in [-0.3, -0.25) is 4.28 Å². The van der Waals surface area contributed by atoms with Gasteiger partial charge in [-0.05, 0) is 31.5 Å². The summed E-state index contributed by atoms with van der Waals surface area (Å²) in [6.07, 6.45) is 0. The molecule has 2 rings (SSSR count). The number of oxime groups is 1. The van der Waals surface area contributed by atoms with E-state index in [4.69, 9.17) is 13.8 Å². The van der Waals surface area contributed by atoms with Crippen LogP contribution >= 0.6 is 23.5 Å². The first kappa shape index (κ1) is 26.2. The molecule has 0 amide bonds. The minimum absolute atomic E-state index is 0.0450. The van der Waals surface area contributed by atoms with E-state index in [1.54, 1.807) is 30.8 Å². The normalized spacial score (nSPS) is 11.9. The summed E-state index contributed by atoms with van der Waals surface area (Å²) in [5.74, 6) is 1.42. The lowest BCUT2D eigenvalue weighted by atomic mass is 10.2. The van der Waals surface area contributed by atoms with Gasteiger partial charge < -0.3 is 9.47 Å². The third kappa shape index (κ3) is 9.64. The molecule has 0 radical (unpaired) electrons. The molecule has 0 bridgehead atoms. The van der Waals surface area contributed by atoms with Gasteiger partial charge in [0.05, 0.1) is 19.8 Å². The van der Waals surface area contributed by atoms with Gasteiger partial charge in [0.1, 0.15) is 4.90 Å². The molecule has 2 aromatic carbocycles. The summed E-state index contributed by atoms with van der Waals surface area (Å²) in [6, 6.07) is 16.3. The SMILES string of the molecule is CCOC(=O)C(=NOS(=O)(=O)c1ccc(C)cc1)SCCOCCSCc1ccccc1. The fourth-order valence-corrected chi connectivity index (χ4v) is 4.57. The fourth-order valence-electron chi connectivity index (χ4n) is 2.33. The number of hydrogen-bond acceptors (Lipinski definition) is 9. The summed E-state index contributed by atoms with van der Waals surface area (Å²) in [5, 5.41) is 3.37. The van der Waals surface area contributed by atoms with Crippen LogP contribution in [-0.2, 0) is 34.4 Å². The summed E-state index contributed by atoms with van der Waals surface area (Å²) >= 11 is 2.80. The molecule has 32 heavy (non-hydrogen) atoms. The second-order valence-electron chi connectivity index (χ2n) is 6.46. The van der Waals surface area contributed by atoms with Crippen molar-refractivity contribution in [3.05, 3.63) is 65.7 Å². The minimum Gasteiger partial charge on any atom is -0.461 e. The highest BCUT2D eigenvalue weighted by Gasteiger charge is 2.20. The highest BCUT2D eigenvalue weighted by atomic mass is 32.2. The van der Waals surface area contributed by atoms with Gasteiger partial charge in [-0.2, -0.15) is 20.2 Å². The van der Waals surface area contributed by atoms with Crippen molar-refractivity contribution in [2.75, 3.05) is 31.3 Å². The van der Waals surface area contributed by atoms with Gasteiger partial charge in [-0.25, -0.2) is 4.79 Å². The highest BCUT2D eigenvalue weighted by molar-refractivity contribution is 8.15. The standard InChI is InChI=1S/C22H27NO6S3/c1-3-28-22(24)21(23-29-32(25,26)20-11-9-18(2)10-12-20)31-16-14-27-13-15-30-17-19-7-5-4-6-8-19/h4-12H,3,13-17H2,1-2H3. The number of aryl methyl sites for hydroxylation is 1. The van der Waals surface area contributed by atoms with Gasteiger partial charge in [0.2, 0.25) is 5.04 Å². The number of carbonyl (C=O) groups excluding carboxylic acids is 1. The van der Waals surface area contributed by atoms with Crippen LogP contribution in [0.1, 0.15) is 18.1 Å². The average Bonchev–Trinajstić information content (AvgIpc) is 2.78. The predicted octanol–water partition coefficient (Wildman–Crippen LogP) is 4.26. The van der Waals surface area contributed by atoms with Crippen molar-refractivity contribution in [1.82, 2.24) is 0 Å². The maximum absolute atomic E-state index is 12.3. The molecule has 2 aromatic rings. The molecule has 0 aliphatic carbocycles. The number of carbonyl (C=O) groups is 1. The van der Waals surface area contributed by atoms with Crippen LogP contribution in [0.25, 0.3) is 0 Å². The molecule has 0 aliphatic heterocycles. The summed E-state index contributed by atoms with van der Waals surface area (Å²) in [5.41, 5.74) is 2.18. The van der Waals surface area contributed by atoms with Crippen molar-refractivity contribution in [3.8, 4) is 0 Å². The molecule has 7 nitrogen and oxygen atoms in total. The van der Waals surface area contributed by atoms with Gasteiger partial charge in [0.25, 0.3) is 0 Å². The first-order chi connectivity index (χ1) is 15.4. The smallest absolute Gasteiger partial charge is 0.367 e. The minimum atomic E-state index is -4.13. The summed E-state index contributed by atoms with van der Waals surface area (Å²) < 4.78 is 39.8. The number of benzene rings is 2. The Labute approximate surface area is 198 Å². The Kier molecular flexibility index (Phi) is 11.6. The van der Waals surface area contributed by atoms with Crippen LogP contribution in [-0.4, -0.2) is 50.8 Å². The Balaban J connectivity index is 1.77. The number of thioether (sulfide) groups is 2. The van der Waals surface area contributed by atoms with Crippen molar-refractivity contribution >= 4 is 44.7 Å². The Morgan fingerprint density at radius 3 is 2.38 bits per heavy atom. The maximum Gasteiger partial charge on any atom is 0.367 e. The summed E-state index contributed by atoms with van der Waals surface area (Å²) in [4.78, 5) is 12.0. The van der Waals surface area contributed by atoms with E-state index in [1.165, 1.54) is 17.7 Å². The van der Waals surface area contributed by atoms with Crippen molar-refractivity contribution < 1.29 is 27.0 Å². The number of ether oxygens (including phenoxy) is 2. The van der Waals surface area contributed by atoms with Crippen molar-refractivity contribution in [3.63, 3.8) is 0 Å². The molecular weight excluding hydrogens is 470 g/mol. The Hall–Kier alpha value is -2.01. The molecule has 0 saturated carbocycles. The maximum atomic E-state index is 12.3. The number of rotatable bonds is 12. The van der Waals surface area contributed by atoms with E-state index in [9.17, 15) is 13.2 Å². The molecule has 0 saturated heterocycles. The lowest BCUT2D eigenvalue weighted by Gasteiger charge is -2.07. The number of nitrogens with zero attached hydrogens (tertiary/aromatic N) is 1. The molecule has 0 atom stereocenters. The van der Waals surface area contributed by atoms with Crippen LogP contribution in [0.3, 0.4) is 0 Å². The molecule has 0 fully saturated rings. The largest absolute Gasteiger partial charge is 0.461 e. The molecule has 10 heteroatoms. The van der Waals surface area contributed by atoms with E-state index in [2.05, 4.69) is 17.3 Å². The van der Waals surface area contributed by atoms with Gasteiger partial charge in [0.15, 0.2) is 0 Å². The first-order valence-electron chi connectivity index (χ1n) is 10.00. The first-order valence-corrected chi connectivity index (χ1v) is 13.5. The van der Waals surface area contributed by atoms with E-state index in [0.29, 0.717) is 19.0 Å². The monoisotopic (exact) mass is 497 g/mol. The van der Waals surface area contributed by atoms with Gasteiger partial charge >= 0.3 is 16.1 Å². The van der Waals surface area contributed by atoms with Crippen LogP contribution in [0.5, 0.6) is 0 Å². The third-order valence-corrected chi connectivity index (χ3v) is 6.93. The van der Waals surface area contributed by atoms with Crippen LogP contribution < -0.4 is 0 Å². The van der Waals surface area contributed by atoms with Gasteiger partial charge in [0, 0.05) is 17.3 Å². The molecule has 0 spiro atoms. The molecule has 0 aliphatic rings. The fraction of sp³-hybridized carbons (Fsp3) is 0.364. The van der Waals surface area contributed by atoms with E-state index in [0.717, 1.165) is 28.8 Å². The zero-order valence-corrected chi connectivity index (χ0v) is 20.5. The van der Waals surface area contributed by atoms with E-state index >= 15 is 0 Å². The molecule has 0 N–H and O–H groups in total. The second-order valence-corrected chi connectivity index (χ2v) is 10.2. The van der Waals surface area contributed by atoms with E-state index in [1.807, 2.05) is 25.1 Å². The van der Waals surface area contributed by atoms with Crippen molar-refractivity contribution in [2.45, 2.75) is 24.5 Å². The highest BCUT2D eigenvalue weighted by Crippen LogP contribution is 2.16. The number of hydrogen-bond donors (Lipinski definition) is 0. The Bertz CT molecular complexity index is 963.